The molecule has 1 heterocycles. The predicted molar refractivity (Wildman–Crippen MR) is 104 cm³/mol. The molecule has 0 radical (unpaired) electrons. The van der Waals surface area contributed by atoms with Crippen LogP contribution in [0.2, 0.25) is 10.0 Å². The van der Waals surface area contributed by atoms with E-state index in [1.807, 2.05) is 19.2 Å². The Labute approximate surface area is 158 Å². The van der Waals surface area contributed by atoms with Gasteiger partial charge in [-0.2, -0.15) is 0 Å². The molecule has 1 aromatic carbocycles. The summed E-state index contributed by atoms with van der Waals surface area (Å²) in [5.74, 6) is 0.486. The van der Waals surface area contributed by atoms with Gasteiger partial charge in [0, 0.05) is 19.3 Å². The van der Waals surface area contributed by atoms with E-state index in [4.69, 9.17) is 23.2 Å². The molecule has 1 aromatic heterocycles. The van der Waals surface area contributed by atoms with Crippen molar-refractivity contribution in [3.05, 3.63) is 52.1 Å². The number of rotatable bonds is 4. The molecule has 1 N–H and O–H groups in total. The van der Waals surface area contributed by atoms with Gasteiger partial charge in [-0.25, -0.2) is 4.98 Å². The number of nitrogens with zero attached hydrogens (tertiary/aromatic N) is 2. The lowest BCUT2D eigenvalue weighted by molar-refractivity contribution is 0.102. The summed E-state index contributed by atoms with van der Waals surface area (Å²) in [6.45, 7) is 0. The minimum absolute atomic E-state index is 0.257. The molecule has 25 heavy (non-hydrogen) atoms. The molecule has 132 valence electrons. The van der Waals surface area contributed by atoms with Gasteiger partial charge in [-0.05, 0) is 37.1 Å². The van der Waals surface area contributed by atoms with Crippen LogP contribution in [0.5, 0.6) is 0 Å². The molecule has 1 amide bonds. The molecule has 1 saturated carbocycles. The number of pyridine rings is 1. The van der Waals surface area contributed by atoms with Crippen LogP contribution >= 0.6 is 23.2 Å². The van der Waals surface area contributed by atoms with Gasteiger partial charge in [0.05, 0.1) is 21.3 Å². The van der Waals surface area contributed by atoms with Crippen LogP contribution in [0, 0.1) is 0 Å². The average molecular weight is 378 g/mol. The molecule has 1 fully saturated rings. The van der Waals surface area contributed by atoms with E-state index in [0.29, 0.717) is 22.3 Å². The molecule has 1 aliphatic rings. The van der Waals surface area contributed by atoms with Crippen molar-refractivity contribution in [1.29, 1.82) is 0 Å². The number of nitrogens with one attached hydrogen (secondary N) is 1. The minimum atomic E-state index is -0.293. The van der Waals surface area contributed by atoms with Crippen molar-refractivity contribution < 1.29 is 4.79 Å². The van der Waals surface area contributed by atoms with Gasteiger partial charge in [0.25, 0.3) is 5.91 Å². The lowest BCUT2D eigenvalue weighted by Crippen LogP contribution is -2.34. The van der Waals surface area contributed by atoms with Crippen molar-refractivity contribution in [3.63, 3.8) is 0 Å². The zero-order valence-electron chi connectivity index (χ0n) is 14.1. The normalized spacial score (nSPS) is 15.0. The predicted octanol–water partition coefficient (Wildman–Crippen LogP) is 5.41. The molecule has 6 heteroatoms. The average Bonchev–Trinajstić information content (AvgIpc) is 2.64. The number of carbonyl (C=O) groups is 1. The molecule has 1 aliphatic carbocycles. The highest BCUT2D eigenvalue weighted by molar-refractivity contribution is 6.44. The molecule has 3 rings (SSSR count). The molecule has 2 aromatic rings. The first kappa shape index (κ1) is 18.0. The van der Waals surface area contributed by atoms with Gasteiger partial charge in [-0.3, -0.25) is 4.79 Å². The van der Waals surface area contributed by atoms with Gasteiger partial charge in [-0.15, -0.1) is 0 Å². The SMILES string of the molecule is CN(c1ncccc1NC(=O)c1cccc(Cl)c1Cl)C1CCCCC1. The summed E-state index contributed by atoms with van der Waals surface area (Å²) in [5.41, 5.74) is 1.03. The maximum Gasteiger partial charge on any atom is 0.257 e. The highest BCUT2D eigenvalue weighted by atomic mass is 35.5. The summed E-state index contributed by atoms with van der Waals surface area (Å²) < 4.78 is 0. The zero-order chi connectivity index (χ0) is 17.8. The third-order valence-electron chi connectivity index (χ3n) is 4.69. The Kier molecular flexibility index (Phi) is 5.82. The van der Waals surface area contributed by atoms with E-state index in [2.05, 4.69) is 15.2 Å². The zero-order valence-corrected chi connectivity index (χ0v) is 15.6. The van der Waals surface area contributed by atoms with E-state index >= 15 is 0 Å². The summed E-state index contributed by atoms with van der Waals surface area (Å²) in [6.07, 6.45) is 7.82. The molecule has 0 spiro atoms. The highest BCUT2D eigenvalue weighted by Crippen LogP contribution is 2.31. The molecular weight excluding hydrogens is 357 g/mol. The van der Waals surface area contributed by atoms with Crippen LogP contribution in [-0.2, 0) is 0 Å². The lowest BCUT2D eigenvalue weighted by atomic mass is 9.94. The molecule has 0 saturated heterocycles. The number of benzene rings is 1. The van der Waals surface area contributed by atoms with Crippen LogP contribution in [0.4, 0.5) is 11.5 Å². The number of aromatic nitrogens is 1. The van der Waals surface area contributed by atoms with Crippen LogP contribution in [0.25, 0.3) is 0 Å². The van der Waals surface area contributed by atoms with Crippen molar-refractivity contribution in [1.82, 2.24) is 4.98 Å². The van der Waals surface area contributed by atoms with Crippen LogP contribution in [0.15, 0.2) is 36.5 Å². The van der Waals surface area contributed by atoms with Gasteiger partial charge in [-0.1, -0.05) is 48.5 Å². The van der Waals surface area contributed by atoms with E-state index in [1.54, 1.807) is 24.4 Å². The molecule has 0 aliphatic heterocycles. The van der Waals surface area contributed by atoms with Gasteiger partial charge in [0.2, 0.25) is 0 Å². The number of amides is 1. The fourth-order valence-electron chi connectivity index (χ4n) is 3.29. The van der Waals surface area contributed by atoms with Crippen molar-refractivity contribution in [2.45, 2.75) is 38.1 Å². The van der Waals surface area contributed by atoms with Crippen molar-refractivity contribution in [3.8, 4) is 0 Å². The Hall–Kier alpha value is -1.78. The van der Waals surface area contributed by atoms with E-state index in [-0.39, 0.29) is 10.9 Å². The topological polar surface area (TPSA) is 45.2 Å². The van der Waals surface area contributed by atoms with E-state index in [9.17, 15) is 4.79 Å². The Bertz CT molecular complexity index is 760. The van der Waals surface area contributed by atoms with Crippen LogP contribution in [-0.4, -0.2) is 24.0 Å². The fraction of sp³-hybridized carbons (Fsp3) is 0.368. The fourth-order valence-corrected chi connectivity index (χ4v) is 3.67. The van der Waals surface area contributed by atoms with E-state index < -0.39 is 0 Å². The van der Waals surface area contributed by atoms with Gasteiger partial charge in [0.15, 0.2) is 5.82 Å². The van der Waals surface area contributed by atoms with Crippen molar-refractivity contribution in [2.75, 3.05) is 17.3 Å². The van der Waals surface area contributed by atoms with Crippen LogP contribution in [0.3, 0.4) is 0 Å². The first-order chi connectivity index (χ1) is 12.1. The summed E-state index contributed by atoms with van der Waals surface area (Å²) in [5, 5.41) is 3.55. The monoisotopic (exact) mass is 377 g/mol. The highest BCUT2D eigenvalue weighted by Gasteiger charge is 2.22. The number of carbonyl (C=O) groups excluding carboxylic acids is 1. The quantitative estimate of drug-likeness (QED) is 0.774. The van der Waals surface area contributed by atoms with Gasteiger partial charge < -0.3 is 10.2 Å². The molecule has 0 unspecified atom stereocenters. The second kappa shape index (κ2) is 8.07. The summed E-state index contributed by atoms with van der Waals surface area (Å²) in [7, 11) is 2.04. The van der Waals surface area contributed by atoms with Gasteiger partial charge >= 0.3 is 0 Å². The number of hydrogen-bond donors (Lipinski definition) is 1. The Morgan fingerprint density at radius 2 is 1.92 bits per heavy atom. The third kappa shape index (κ3) is 4.07. The summed E-state index contributed by atoms with van der Waals surface area (Å²) in [6, 6.07) is 9.15. The number of hydrogen-bond acceptors (Lipinski definition) is 3. The third-order valence-corrected chi connectivity index (χ3v) is 5.51. The maximum atomic E-state index is 12.6. The summed E-state index contributed by atoms with van der Waals surface area (Å²) >= 11 is 12.2. The van der Waals surface area contributed by atoms with E-state index in [0.717, 1.165) is 18.7 Å². The smallest absolute Gasteiger partial charge is 0.257 e. The van der Waals surface area contributed by atoms with Gasteiger partial charge in [0.1, 0.15) is 0 Å². The first-order valence-corrected chi connectivity index (χ1v) is 9.26. The summed E-state index contributed by atoms with van der Waals surface area (Å²) in [4.78, 5) is 19.3. The van der Waals surface area contributed by atoms with Crippen molar-refractivity contribution >= 4 is 40.6 Å². The Morgan fingerprint density at radius 3 is 2.68 bits per heavy atom. The van der Waals surface area contributed by atoms with E-state index in [1.165, 1.54) is 19.3 Å². The molecule has 4 nitrogen and oxygen atoms in total. The number of halogens is 2. The second-order valence-corrected chi connectivity index (χ2v) is 7.12. The minimum Gasteiger partial charge on any atom is -0.355 e. The molecule has 0 atom stereocenters. The van der Waals surface area contributed by atoms with Crippen molar-refractivity contribution in [2.24, 2.45) is 0 Å². The van der Waals surface area contributed by atoms with Crippen LogP contribution < -0.4 is 10.2 Å². The Balaban J connectivity index is 1.83. The lowest BCUT2D eigenvalue weighted by Gasteiger charge is -2.33. The number of anilines is 2. The molecular formula is C19H21Cl2N3O. The first-order valence-electron chi connectivity index (χ1n) is 8.51. The molecule has 0 bridgehead atoms. The largest absolute Gasteiger partial charge is 0.355 e. The van der Waals surface area contributed by atoms with Crippen LogP contribution in [0.1, 0.15) is 42.5 Å². The standard InChI is InChI=1S/C19H21Cl2N3O/c1-24(13-7-3-2-4-8-13)18-16(11-6-12-22-18)23-19(25)14-9-5-10-15(20)17(14)21/h5-6,9-13H,2-4,7-8H2,1H3,(H,23,25). The maximum absolute atomic E-state index is 12.6. The Morgan fingerprint density at radius 1 is 1.16 bits per heavy atom. The second-order valence-electron chi connectivity index (χ2n) is 6.33.